The van der Waals surface area contributed by atoms with Crippen LogP contribution in [0.5, 0.6) is 0 Å². The van der Waals surface area contributed by atoms with E-state index < -0.39 is 0 Å². The van der Waals surface area contributed by atoms with E-state index in [2.05, 4.69) is 17.3 Å². The van der Waals surface area contributed by atoms with Crippen molar-refractivity contribution in [2.24, 2.45) is 5.92 Å². The van der Waals surface area contributed by atoms with Gasteiger partial charge in [0, 0.05) is 18.3 Å². The zero-order chi connectivity index (χ0) is 13.2. The van der Waals surface area contributed by atoms with Crippen molar-refractivity contribution in [2.45, 2.75) is 44.4 Å². The molecule has 3 nitrogen and oxygen atoms in total. The first-order valence-corrected chi connectivity index (χ1v) is 7.25. The van der Waals surface area contributed by atoms with Crippen LogP contribution < -0.4 is 0 Å². The van der Waals surface area contributed by atoms with Gasteiger partial charge in [0.15, 0.2) is 0 Å². The Hall–Kier alpha value is -1.51. The molecule has 19 heavy (non-hydrogen) atoms. The number of H-pyrrole nitrogens is 1. The molecule has 0 saturated heterocycles. The Morgan fingerprint density at radius 2 is 2.11 bits per heavy atom. The van der Waals surface area contributed by atoms with Crippen molar-refractivity contribution in [2.75, 3.05) is 7.11 Å². The van der Waals surface area contributed by atoms with Gasteiger partial charge in [-0.1, -0.05) is 31.4 Å². The van der Waals surface area contributed by atoms with E-state index in [0.29, 0.717) is 5.92 Å². The predicted octanol–water partition coefficient (Wildman–Crippen LogP) is 3.42. The average molecular weight is 259 g/mol. The topological polar surface area (TPSA) is 42.1 Å². The van der Waals surface area contributed by atoms with E-state index in [4.69, 9.17) is 4.74 Å². The van der Waals surface area contributed by atoms with Gasteiger partial charge in [0.05, 0.1) is 13.0 Å². The minimum Gasteiger partial charge on any atom is -0.469 e. The fourth-order valence-corrected chi connectivity index (χ4v) is 3.43. The van der Waals surface area contributed by atoms with E-state index in [9.17, 15) is 4.79 Å². The van der Waals surface area contributed by atoms with Crippen molar-refractivity contribution in [1.29, 1.82) is 0 Å². The Morgan fingerprint density at radius 3 is 2.84 bits per heavy atom. The summed E-state index contributed by atoms with van der Waals surface area (Å²) in [6.07, 6.45) is 13.7. The quantitative estimate of drug-likeness (QED) is 0.827. The fraction of sp³-hybridized carbons (Fsp3) is 0.562. The predicted molar refractivity (Wildman–Crippen MR) is 74.9 cm³/mol. The number of nitrogens with one attached hydrogen (secondary N) is 1. The third kappa shape index (κ3) is 2.34. The number of aromatic nitrogens is 1. The molecule has 1 aromatic heterocycles. The summed E-state index contributed by atoms with van der Waals surface area (Å²) in [7, 11) is 1.45. The molecule has 3 rings (SSSR count). The van der Waals surface area contributed by atoms with Gasteiger partial charge in [-0.05, 0) is 29.9 Å². The number of esters is 1. The molecule has 1 fully saturated rings. The SMILES string of the molecule is COC(=O)C1C=Cc2c(C3CCCCC3)c[nH]c2C1. The van der Waals surface area contributed by atoms with Crippen LogP contribution in [-0.4, -0.2) is 18.1 Å². The molecule has 1 saturated carbocycles. The summed E-state index contributed by atoms with van der Waals surface area (Å²) in [4.78, 5) is 15.0. The number of ether oxygens (including phenoxy) is 1. The van der Waals surface area contributed by atoms with Crippen LogP contribution >= 0.6 is 0 Å². The first kappa shape index (κ1) is 12.5. The number of rotatable bonds is 2. The van der Waals surface area contributed by atoms with E-state index in [1.54, 1.807) is 0 Å². The summed E-state index contributed by atoms with van der Waals surface area (Å²) in [5.74, 6) is 0.430. The molecule has 0 bridgehead atoms. The number of carbonyl (C=O) groups is 1. The van der Waals surface area contributed by atoms with Gasteiger partial charge in [-0.3, -0.25) is 4.79 Å². The van der Waals surface area contributed by atoms with Crippen LogP contribution in [0.25, 0.3) is 6.08 Å². The second-order valence-electron chi connectivity index (χ2n) is 5.66. The van der Waals surface area contributed by atoms with Crippen LogP contribution in [0.1, 0.15) is 54.8 Å². The first-order valence-electron chi connectivity index (χ1n) is 7.25. The summed E-state index contributed by atoms with van der Waals surface area (Å²) in [6.45, 7) is 0. The van der Waals surface area contributed by atoms with E-state index in [1.807, 2.05) is 6.08 Å². The number of methoxy groups -OCH3 is 1. The van der Waals surface area contributed by atoms with Crippen LogP contribution in [0.15, 0.2) is 12.3 Å². The van der Waals surface area contributed by atoms with Crippen molar-refractivity contribution >= 4 is 12.0 Å². The highest BCUT2D eigenvalue weighted by Crippen LogP contribution is 2.37. The minimum atomic E-state index is -0.143. The Morgan fingerprint density at radius 1 is 1.32 bits per heavy atom. The van der Waals surface area contributed by atoms with Crippen LogP contribution in [0.4, 0.5) is 0 Å². The Kier molecular flexibility index (Phi) is 3.45. The summed E-state index contributed by atoms with van der Waals surface area (Å²) in [5.41, 5.74) is 3.97. The first-order chi connectivity index (χ1) is 9.29. The largest absolute Gasteiger partial charge is 0.469 e. The maximum Gasteiger partial charge on any atom is 0.312 e. The number of hydrogen-bond donors (Lipinski definition) is 1. The fourth-order valence-electron chi connectivity index (χ4n) is 3.43. The summed E-state index contributed by atoms with van der Waals surface area (Å²) >= 11 is 0. The van der Waals surface area contributed by atoms with Gasteiger partial charge in [-0.25, -0.2) is 0 Å². The Labute approximate surface area is 114 Å². The van der Waals surface area contributed by atoms with Gasteiger partial charge in [-0.15, -0.1) is 0 Å². The van der Waals surface area contributed by atoms with Crippen LogP contribution in [0.2, 0.25) is 0 Å². The summed E-state index contributed by atoms with van der Waals surface area (Å²) < 4.78 is 4.82. The zero-order valence-electron chi connectivity index (χ0n) is 11.4. The highest BCUT2D eigenvalue weighted by atomic mass is 16.5. The molecule has 1 aromatic rings. The monoisotopic (exact) mass is 259 g/mol. The van der Waals surface area contributed by atoms with E-state index in [0.717, 1.165) is 6.42 Å². The lowest BCUT2D eigenvalue weighted by atomic mass is 9.82. The third-order valence-electron chi connectivity index (χ3n) is 4.51. The number of aromatic amines is 1. The molecule has 1 N–H and O–H groups in total. The maximum absolute atomic E-state index is 11.6. The second-order valence-corrected chi connectivity index (χ2v) is 5.66. The molecule has 1 heterocycles. The molecule has 1 unspecified atom stereocenters. The Bertz CT molecular complexity index is 495. The van der Waals surface area contributed by atoms with Crippen LogP contribution in [-0.2, 0) is 16.0 Å². The molecular weight excluding hydrogens is 238 g/mol. The molecular formula is C16H21NO2. The normalized spacial score (nSPS) is 23.1. The Balaban J connectivity index is 1.82. The van der Waals surface area contributed by atoms with Crippen molar-refractivity contribution in [1.82, 2.24) is 4.98 Å². The lowest BCUT2D eigenvalue weighted by molar-refractivity contribution is -0.143. The van der Waals surface area contributed by atoms with Crippen molar-refractivity contribution in [3.05, 3.63) is 29.1 Å². The zero-order valence-corrected chi connectivity index (χ0v) is 11.4. The van der Waals surface area contributed by atoms with Crippen molar-refractivity contribution < 1.29 is 9.53 Å². The van der Waals surface area contributed by atoms with Gasteiger partial charge in [0.25, 0.3) is 0 Å². The van der Waals surface area contributed by atoms with Gasteiger partial charge < -0.3 is 9.72 Å². The van der Waals surface area contributed by atoms with Gasteiger partial charge >= 0.3 is 5.97 Å². The molecule has 0 radical (unpaired) electrons. The highest BCUT2D eigenvalue weighted by Gasteiger charge is 2.26. The molecule has 2 aliphatic carbocycles. The third-order valence-corrected chi connectivity index (χ3v) is 4.51. The molecule has 0 aromatic carbocycles. The lowest BCUT2D eigenvalue weighted by Gasteiger charge is -2.23. The molecule has 0 spiro atoms. The maximum atomic E-state index is 11.6. The van der Waals surface area contributed by atoms with Gasteiger partial charge in [0.2, 0.25) is 0 Å². The standard InChI is InChI=1S/C16H21NO2/c1-19-16(18)12-7-8-13-14(10-17-15(13)9-12)11-5-3-2-4-6-11/h7-8,10-12,17H,2-6,9H2,1H3. The van der Waals surface area contributed by atoms with Gasteiger partial charge in [0.1, 0.15) is 0 Å². The minimum absolute atomic E-state index is 0.129. The molecule has 0 aliphatic heterocycles. The second kappa shape index (κ2) is 5.24. The average Bonchev–Trinajstić information content (AvgIpc) is 2.90. The number of carbonyl (C=O) groups excluding carboxylic acids is 1. The smallest absolute Gasteiger partial charge is 0.312 e. The van der Waals surface area contributed by atoms with E-state index >= 15 is 0 Å². The summed E-state index contributed by atoms with van der Waals surface area (Å²) in [6, 6.07) is 0. The van der Waals surface area contributed by atoms with E-state index in [-0.39, 0.29) is 11.9 Å². The van der Waals surface area contributed by atoms with Crippen molar-refractivity contribution in [3.8, 4) is 0 Å². The molecule has 2 aliphatic rings. The highest BCUT2D eigenvalue weighted by molar-refractivity contribution is 5.78. The molecule has 102 valence electrons. The number of fused-ring (bicyclic) bond motifs is 1. The van der Waals surface area contributed by atoms with Crippen molar-refractivity contribution in [3.63, 3.8) is 0 Å². The molecule has 3 heteroatoms. The number of hydrogen-bond acceptors (Lipinski definition) is 2. The molecule has 1 atom stereocenters. The summed E-state index contributed by atoms with van der Waals surface area (Å²) in [5, 5.41) is 0. The van der Waals surface area contributed by atoms with E-state index in [1.165, 1.54) is 56.0 Å². The van der Waals surface area contributed by atoms with Crippen LogP contribution in [0.3, 0.4) is 0 Å². The lowest BCUT2D eigenvalue weighted by Crippen LogP contribution is -2.19. The molecule has 0 amide bonds. The van der Waals surface area contributed by atoms with Crippen LogP contribution in [0, 0.1) is 5.92 Å². The van der Waals surface area contributed by atoms with Gasteiger partial charge in [-0.2, -0.15) is 0 Å².